The monoisotopic (exact) mass is 483 g/mol. The maximum absolute atomic E-state index is 13.0. The third-order valence-electron chi connectivity index (χ3n) is 6.74. The van der Waals surface area contributed by atoms with Crippen LogP contribution in [-0.4, -0.2) is 16.9 Å². The average Bonchev–Trinajstić information content (AvgIpc) is 3.15. The van der Waals surface area contributed by atoms with Crippen molar-refractivity contribution in [3.05, 3.63) is 88.1 Å². The number of phenolic OH excluding ortho intramolecular Hbond substituents is 1. The number of carbonyl (C=O) groups is 2. The minimum absolute atomic E-state index is 0.0256. The molecule has 4 rings (SSSR count). The van der Waals surface area contributed by atoms with Crippen LogP contribution in [0.3, 0.4) is 0 Å². The summed E-state index contributed by atoms with van der Waals surface area (Å²) < 4.78 is 0. The van der Waals surface area contributed by atoms with Crippen LogP contribution < -0.4 is 16.2 Å². The number of aryl methyl sites for hydroxylation is 2. The maximum Gasteiger partial charge on any atom is 0.273 e. The van der Waals surface area contributed by atoms with Crippen molar-refractivity contribution in [2.24, 2.45) is 0 Å². The summed E-state index contributed by atoms with van der Waals surface area (Å²) in [5.41, 5.74) is 13.5. The largest absolute Gasteiger partial charge is 0.507 e. The number of rotatable bonds is 6. The summed E-state index contributed by atoms with van der Waals surface area (Å²) in [6.07, 6.45) is 1.50. The first-order valence-electron chi connectivity index (χ1n) is 12.2. The zero-order chi connectivity index (χ0) is 26.1. The van der Waals surface area contributed by atoms with Gasteiger partial charge in [0.25, 0.3) is 11.8 Å². The van der Waals surface area contributed by atoms with E-state index in [4.69, 9.17) is 0 Å². The molecule has 6 heteroatoms. The highest BCUT2D eigenvalue weighted by Gasteiger charge is 2.27. The summed E-state index contributed by atoms with van der Waals surface area (Å²) in [7, 11) is 0. The third kappa shape index (κ3) is 4.71. The molecular weight excluding hydrogens is 450 g/mol. The molecule has 36 heavy (non-hydrogen) atoms. The Balaban J connectivity index is 1.63. The highest BCUT2D eigenvalue weighted by molar-refractivity contribution is 6.33. The van der Waals surface area contributed by atoms with Crippen LogP contribution in [0.2, 0.25) is 0 Å². The van der Waals surface area contributed by atoms with Gasteiger partial charge in [-0.2, -0.15) is 0 Å². The number of nitrogens with one attached hydrogen (secondary N) is 3. The third-order valence-corrected chi connectivity index (χ3v) is 6.74. The number of fused-ring (bicyclic) bond motifs is 1. The summed E-state index contributed by atoms with van der Waals surface area (Å²) in [6.45, 7) is 12.2. The number of hydrogen-bond acceptors (Lipinski definition) is 4. The molecule has 1 aliphatic heterocycles. The van der Waals surface area contributed by atoms with Gasteiger partial charge in [0.2, 0.25) is 0 Å². The van der Waals surface area contributed by atoms with Crippen molar-refractivity contribution < 1.29 is 14.7 Å². The number of anilines is 1. The average molecular weight is 484 g/mol. The fourth-order valence-corrected chi connectivity index (χ4v) is 4.40. The molecule has 6 nitrogen and oxygen atoms in total. The summed E-state index contributed by atoms with van der Waals surface area (Å²) >= 11 is 0. The number of carbonyl (C=O) groups excluding carboxylic acids is 2. The van der Waals surface area contributed by atoms with Crippen molar-refractivity contribution in [3.63, 3.8) is 0 Å². The quantitative estimate of drug-likeness (QED) is 0.250. The smallest absolute Gasteiger partial charge is 0.273 e. The van der Waals surface area contributed by atoms with Crippen molar-refractivity contribution >= 4 is 23.1 Å². The van der Waals surface area contributed by atoms with Crippen LogP contribution in [0.15, 0.2) is 54.7 Å². The molecule has 0 unspecified atom stereocenters. The molecule has 0 aromatic heterocycles. The van der Waals surface area contributed by atoms with Gasteiger partial charge in [-0.15, -0.1) is 0 Å². The van der Waals surface area contributed by atoms with Gasteiger partial charge in [0.1, 0.15) is 5.75 Å². The van der Waals surface area contributed by atoms with Gasteiger partial charge < -0.3 is 15.8 Å². The van der Waals surface area contributed by atoms with Gasteiger partial charge in [-0.25, -0.2) is 0 Å². The minimum Gasteiger partial charge on any atom is -0.507 e. The van der Waals surface area contributed by atoms with Crippen molar-refractivity contribution in [1.82, 2.24) is 10.9 Å². The van der Waals surface area contributed by atoms with Crippen molar-refractivity contribution in [2.45, 2.75) is 53.4 Å². The highest BCUT2D eigenvalue weighted by Crippen LogP contribution is 2.39. The Morgan fingerprint density at radius 2 is 1.72 bits per heavy atom. The molecule has 4 N–H and O–H groups in total. The van der Waals surface area contributed by atoms with E-state index < -0.39 is 5.91 Å². The van der Waals surface area contributed by atoms with Gasteiger partial charge >= 0.3 is 0 Å². The van der Waals surface area contributed by atoms with Gasteiger partial charge in [-0.05, 0) is 71.2 Å². The number of hydrogen-bond donors (Lipinski definition) is 4. The molecule has 0 fully saturated rings. The topological polar surface area (TPSA) is 90.5 Å². The second kappa shape index (κ2) is 9.90. The molecule has 0 aliphatic carbocycles. The standard InChI is InChI=1S/C30H33N3O3/c1-16(2)21-13-23(17(3)4)28(34)24(14-21)30(36)33-31-15-25-27-22(8-7-9-26(27)32-29(25)35)20-11-10-18(5)19(6)12-20/h7-17,31,34H,1-6H3,(H,32,35)(H,33,36)/b25-15-. The maximum atomic E-state index is 13.0. The van der Waals surface area contributed by atoms with Crippen molar-refractivity contribution in [1.29, 1.82) is 0 Å². The summed E-state index contributed by atoms with van der Waals surface area (Å²) in [6, 6.07) is 15.6. The fourth-order valence-electron chi connectivity index (χ4n) is 4.40. The van der Waals surface area contributed by atoms with E-state index >= 15 is 0 Å². The molecule has 1 aliphatic rings. The predicted octanol–water partition coefficient (Wildman–Crippen LogP) is 6.15. The van der Waals surface area contributed by atoms with E-state index in [0.717, 1.165) is 33.5 Å². The van der Waals surface area contributed by atoms with Crippen molar-refractivity contribution in [2.75, 3.05) is 5.32 Å². The van der Waals surface area contributed by atoms with Gasteiger partial charge in [-0.1, -0.05) is 64.1 Å². The lowest BCUT2D eigenvalue weighted by Crippen LogP contribution is -2.34. The second-order valence-electron chi connectivity index (χ2n) is 9.95. The first kappa shape index (κ1) is 25.0. The first-order valence-corrected chi connectivity index (χ1v) is 12.2. The molecule has 0 saturated heterocycles. The summed E-state index contributed by atoms with van der Waals surface area (Å²) in [4.78, 5) is 25.8. The van der Waals surface area contributed by atoms with E-state index in [-0.39, 0.29) is 29.1 Å². The Bertz CT molecular complexity index is 1390. The Labute approximate surface area is 212 Å². The number of hydrazine groups is 1. The lowest BCUT2D eigenvalue weighted by molar-refractivity contribution is -0.110. The van der Waals surface area contributed by atoms with E-state index in [1.165, 1.54) is 17.3 Å². The van der Waals surface area contributed by atoms with Gasteiger partial charge in [0.05, 0.1) is 11.1 Å². The second-order valence-corrected chi connectivity index (χ2v) is 9.95. The molecular formula is C30H33N3O3. The molecule has 3 aromatic carbocycles. The molecule has 0 radical (unpaired) electrons. The zero-order valence-corrected chi connectivity index (χ0v) is 21.6. The fraction of sp³-hybridized carbons (Fsp3) is 0.267. The molecule has 0 atom stereocenters. The molecule has 0 bridgehead atoms. The first-order chi connectivity index (χ1) is 17.1. The lowest BCUT2D eigenvalue weighted by atomic mass is 9.92. The molecule has 186 valence electrons. The van der Waals surface area contributed by atoms with E-state index in [1.54, 1.807) is 6.07 Å². The molecule has 0 spiro atoms. The van der Waals surface area contributed by atoms with Crippen molar-refractivity contribution in [3.8, 4) is 16.9 Å². The van der Waals surface area contributed by atoms with Crippen LogP contribution in [0.5, 0.6) is 5.75 Å². The van der Waals surface area contributed by atoms with Crippen LogP contribution in [0.4, 0.5) is 5.69 Å². The highest BCUT2D eigenvalue weighted by atomic mass is 16.3. The van der Waals surface area contributed by atoms with Crippen LogP contribution in [0.1, 0.15) is 77.7 Å². The van der Waals surface area contributed by atoms with E-state index in [2.05, 4.69) is 42.1 Å². The van der Waals surface area contributed by atoms with Gasteiger partial charge in [0, 0.05) is 17.5 Å². The molecule has 0 saturated carbocycles. The number of amides is 2. The SMILES string of the molecule is Cc1ccc(-c2cccc3c2/C(=C/NNC(=O)c2cc(C(C)C)cc(C(C)C)c2O)C(=O)N3)cc1C. The van der Waals surface area contributed by atoms with E-state index in [9.17, 15) is 14.7 Å². The summed E-state index contributed by atoms with van der Waals surface area (Å²) in [5, 5.41) is 13.7. The van der Waals surface area contributed by atoms with Gasteiger partial charge in [-0.3, -0.25) is 15.0 Å². The minimum atomic E-state index is -0.477. The van der Waals surface area contributed by atoms with Crippen LogP contribution in [0.25, 0.3) is 16.7 Å². The normalized spacial score (nSPS) is 13.8. The Hall–Kier alpha value is -4.06. The Kier molecular flexibility index (Phi) is 6.88. The van der Waals surface area contributed by atoms with Crippen LogP contribution in [-0.2, 0) is 4.79 Å². The number of benzene rings is 3. The summed E-state index contributed by atoms with van der Waals surface area (Å²) in [5.74, 6) is -0.493. The zero-order valence-electron chi connectivity index (χ0n) is 21.6. The van der Waals surface area contributed by atoms with E-state index in [1.807, 2.05) is 58.0 Å². The Morgan fingerprint density at radius 1 is 0.972 bits per heavy atom. The van der Waals surface area contributed by atoms with Gasteiger partial charge in [0.15, 0.2) is 0 Å². The molecule has 2 amide bonds. The van der Waals surface area contributed by atoms with Crippen LogP contribution >= 0.6 is 0 Å². The number of phenols is 1. The molecule has 1 heterocycles. The number of aromatic hydroxyl groups is 1. The predicted molar refractivity (Wildman–Crippen MR) is 145 cm³/mol. The molecule has 3 aromatic rings. The Morgan fingerprint density at radius 3 is 2.39 bits per heavy atom. The lowest BCUT2D eigenvalue weighted by Gasteiger charge is -2.17. The van der Waals surface area contributed by atoms with E-state index in [0.29, 0.717) is 5.57 Å². The van der Waals surface area contributed by atoms with Crippen LogP contribution in [0, 0.1) is 13.8 Å².